The van der Waals surface area contributed by atoms with Gasteiger partial charge in [-0.2, -0.15) is 0 Å². The zero-order valence-electron chi connectivity index (χ0n) is 13.6. The molecule has 1 amide bonds. The van der Waals surface area contributed by atoms with E-state index in [1.165, 1.54) is 17.7 Å². The highest BCUT2D eigenvalue weighted by Crippen LogP contribution is 2.52. The van der Waals surface area contributed by atoms with Crippen LogP contribution in [0.15, 0.2) is 47.6 Å². The van der Waals surface area contributed by atoms with Gasteiger partial charge in [-0.1, -0.05) is 18.2 Å². The van der Waals surface area contributed by atoms with Crippen LogP contribution in [0.2, 0.25) is 0 Å². The minimum absolute atomic E-state index is 0.209. The van der Waals surface area contributed by atoms with Crippen molar-refractivity contribution in [2.45, 2.75) is 37.1 Å². The van der Waals surface area contributed by atoms with Crippen molar-refractivity contribution in [2.75, 3.05) is 12.3 Å². The van der Waals surface area contributed by atoms with Gasteiger partial charge in [0.05, 0.1) is 17.9 Å². The molecule has 5 heteroatoms. The lowest BCUT2D eigenvalue weighted by Crippen LogP contribution is -2.38. The summed E-state index contributed by atoms with van der Waals surface area (Å²) in [5, 5.41) is 0. The molecular weight excluding hydrogens is 318 g/mol. The fraction of sp³-hybridized carbons (Fsp3) is 0.421. The van der Waals surface area contributed by atoms with E-state index in [-0.39, 0.29) is 11.3 Å². The van der Waals surface area contributed by atoms with Gasteiger partial charge in [0.2, 0.25) is 5.91 Å². The second-order valence-electron chi connectivity index (χ2n) is 6.79. The first-order valence-electron chi connectivity index (χ1n) is 8.49. The molecule has 0 radical (unpaired) electrons. The van der Waals surface area contributed by atoms with Gasteiger partial charge in [-0.25, -0.2) is 0 Å². The largest absolute Gasteiger partial charge is 0.336 e. The number of hydrogen-bond acceptors (Lipinski definition) is 4. The number of aromatic nitrogens is 2. The topological polar surface area (TPSA) is 46.1 Å². The van der Waals surface area contributed by atoms with Crippen molar-refractivity contribution in [3.8, 4) is 0 Å². The second kappa shape index (κ2) is 6.55. The predicted molar refractivity (Wildman–Crippen MR) is 94.6 cm³/mol. The van der Waals surface area contributed by atoms with Crippen molar-refractivity contribution >= 4 is 17.7 Å². The van der Waals surface area contributed by atoms with E-state index in [0.29, 0.717) is 13.0 Å². The molecule has 0 unspecified atom stereocenters. The quantitative estimate of drug-likeness (QED) is 0.784. The molecule has 1 aliphatic carbocycles. The van der Waals surface area contributed by atoms with E-state index < -0.39 is 0 Å². The Hall–Kier alpha value is -1.88. The third-order valence-corrected chi connectivity index (χ3v) is 6.31. The lowest BCUT2D eigenvalue weighted by atomic mass is 10.0. The number of fused-ring (bicyclic) bond motifs is 1. The van der Waals surface area contributed by atoms with Crippen molar-refractivity contribution in [1.82, 2.24) is 14.9 Å². The molecule has 1 saturated carbocycles. The summed E-state index contributed by atoms with van der Waals surface area (Å²) in [6, 6.07) is 10.5. The highest BCUT2D eigenvalue weighted by molar-refractivity contribution is 7.99. The number of carbonyl (C=O) groups is 1. The molecule has 2 aliphatic rings. The number of amides is 1. The van der Waals surface area contributed by atoms with Crippen LogP contribution in [0.25, 0.3) is 0 Å². The summed E-state index contributed by atoms with van der Waals surface area (Å²) in [4.78, 5) is 24.7. The average Bonchev–Trinajstić information content (AvgIpc) is 3.40. The first-order chi connectivity index (χ1) is 11.7. The molecule has 24 heavy (non-hydrogen) atoms. The van der Waals surface area contributed by atoms with Gasteiger partial charge in [-0.3, -0.25) is 14.8 Å². The third-order valence-electron chi connectivity index (χ3n) is 4.94. The van der Waals surface area contributed by atoms with Crippen LogP contribution in [0.3, 0.4) is 0 Å². The first kappa shape index (κ1) is 15.6. The van der Waals surface area contributed by atoms with Crippen LogP contribution in [0.1, 0.15) is 30.7 Å². The smallest absolute Gasteiger partial charge is 0.223 e. The normalized spacial score (nSPS) is 18.1. The van der Waals surface area contributed by atoms with Gasteiger partial charge in [0.15, 0.2) is 0 Å². The molecule has 4 rings (SSSR count). The molecule has 2 aromatic rings. The summed E-state index contributed by atoms with van der Waals surface area (Å²) < 4.78 is 0. The lowest BCUT2D eigenvalue weighted by Gasteiger charge is -2.29. The number of carbonyl (C=O) groups excluding carboxylic acids is 1. The summed E-state index contributed by atoms with van der Waals surface area (Å²) in [5.74, 6) is 1.31. The molecule has 1 aliphatic heterocycles. The van der Waals surface area contributed by atoms with Crippen LogP contribution in [0, 0.1) is 5.41 Å². The van der Waals surface area contributed by atoms with E-state index >= 15 is 0 Å². The fourth-order valence-electron chi connectivity index (χ4n) is 3.18. The Morgan fingerprint density at radius 2 is 1.88 bits per heavy atom. The van der Waals surface area contributed by atoms with Gasteiger partial charge in [0.25, 0.3) is 0 Å². The van der Waals surface area contributed by atoms with Crippen LogP contribution < -0.4 is 0 Å². The van der Waals surface area contributed by atoms with E-state index in [9.17, 15) is 4.79 Å². The second-order valence-corrected chi connectivity index (χ2v) is 7.84. The Morgan fingerprint density at radius 3 is 2.62 bits per heavy atom. The molecule has 0 saturated heterocycles. The SMILES string of the molecule is O=C(CC1(CSc2ccccc2)CC1)N1CCc2nccnc2C1. The van der Waals surface area contributed by atoms with Crippen molar-refractivity contribution in [3.63, 3.8) is 0 Å². The van der Waals surface area contributed by atoms with E-state index in [0.717, 1.165) is 30.1 Å². The van der Waals surface area contributed by atoms with Gasteiger partial charge in [0, 0.05) is 42.4 Å². The van der Waals surface area contributed by atoms with Crippen molar-refractivity contribution in [2.24, 2.45) is 5.41 Å². The average molecular weight is 339 g/mol. The molecule has 0 N–H and O–H groups in total. The highest BCUT2D eigenvalue weighted by Gasteiger charge is 2.45. The lowest BCUT2D eigenvalue weighted by molar-refractivity contribution is -0.133. The fourth-order valence-corrected chi connectivity index (χ4v) is 4.40. The van der Waals surface area contributed by atoms with Crippen LogP contribution in [0.4, 0.5) is 0 Å². The monoisotopic (exact) mass is 339 g/mol. The van der Waals surface area contributed by atoms with Crippen LogP contribution in [-0.4, -0.2) is 33.1 Å². The maximum absolute atomic E-state index is 12.7. The summed E-state index contributed by atoms with van der Waals surface area (Å²) >= 11 is 1.87. The minimum atomic E-state index is 0.209. The van der Waals surface area contributed by atoms with E-state index in [4.69, 9.17) is 0 Å². The van der Waals surface area contributed by atoms with Crippen molar-refractivity contribution < 1.29 is 4.79 Å². The van der Waals surface area contributed by atoms with E-state index in [2.05, 4.69) is 34.2 Å². The van der Waals surface area contributed by atoms with Crippen LogP contribution in [-0.2, 0) is 17.8 Å². The Morgan fingerprint density at radius 1 is 1.12 bits per heavy atom. The summed E-state index contributed by atoms with van der Waals surface area (Å²) in [7, 11) is 0. The van der Waals surface area contributed by atoms with Gasteiger partial charge < -0.3 is 4.90 Å². The van der Waals surface area contributed by atoms with Crippen LogP contribution in [0.5, 0.6) is 0 Å². The summed E-state index contributed by atoms with van der Waals surface area (Å²) in [6.45, 7) is 1.39. The van der Waals surface area contributed by atoms with E-state index in [1.54, 1.807) is 12.4 Å². The number of nitrogens with zero attached hydrogens (tertiary/aromatic N) is 3. The van der Waals surface area contributed by atoms with Crippen molar-refractivity contribution in [3.05, 3.63) is 54.1 Å². The summed E-state index contributed by atoms with van der Waals surface area (Å²) in [5.41, 5.74) is 2.21. The molecule has 0 atom stereocenters. The molecule has 4 nitrogen and oxygen atoms in total. The Labute approximate surface area is 146 Å². The Kier molecular flexibility index (Phi) is 4.27. The number of thioether (sulfide) groups is 1. The molecular formula is C19H21N3OS. The number of hydrogen-bond donors (Lipinski definition) is 0. The molecule has 1 aromatic heterocycles. The van der Waals surface area contributed by atoms with E-state index in [1.807, 2.05) is 22.7 Å². The number of rotatable bonds is 5. The predicted octanol–water partition coefficient (Wildman–Crippen LogP) is 3.32. The highest BCUT2D eigenvalue weighted by atomic mass is 32.2. The zero-order chi connectivity index (χ0) is 16.4. The zero-order valence-corrected chi connectivity index (χ0v) is 14.5. The minimum Gasteiger partial charge on any atom is -0.336 e. The first-order valence-corrected chi connectivity index (χ1v) is 9.47. The molecule has 0 bridgehead atoms. The molecule has 124 valence electrons. The molecule has 1 fully saturated rings. The van der Waals surface area contributed by atoms with Crippen LogP contribution >= 0.6 is 11.8 Å². The standard InChI is InChI=1S/C19H21N3OS/c23-18(22-11-6-16-17(13-22)21-10-9-20-16)12-19(7-8-19)14-24-15-4-2-1-3-5-15/h1-5,9-10H,6-8,11-14H2. The number of benzene rings is 1. The van der Waals surface area contributed by atoms with Gasteiger partial charge in [-0.15, -0.1) is 11.8 Å². The Balaban J connectivity index is 1.34. The van der Waals surface area contributed by atoms with Gasteiger partial charge in [0.1, 0.15) is 0 Å². The van der Waals surface area contributed by atoms with Gasteiger partial charge >= 0.3 is 0 Å². The molecule has 0 spiro atoms. The Bertz CT molecular complexity index is 730. The summed E-state index contributed by atoms with van der Waals surface area (Å²) in [6.07, 6.45) is 7.27. The maximum atomic E-state index is 12.7. The molecule has 1 aromatic carbocycles. The third kappa shape index (κ3) is 3.46. The maximum Gasteiger partial charge on any atom is 0.223 e. The molecule has 2 heterocycles. The van der Waals surface area contributed by atoms with Crippen molar-refractivity contribution in [1.29, 1.82) is 0 Å². The van der Waals surface area contributed by atoms with Gasteiger partial charge in [-0.05, 0) is 30.4 Å².